The molecule has 3 aromatic heterocycles. The number of aryl methyl sites for hydroxylation is 1. The highest BCUT2D eigenvalue weighted by molar-refractivity contribution is 6.30. The average molecular weight is 476 g/mol. The molecule has 5 rings (SSSR count). The lowest BCUT2D eigenvalue weighted by molar-refractivity contribution is 0.0697. The van der Waals surface area contributed by atoms with E-state index in [0.29, 0.717) is 5.92 Å². The monoisotopic (exact) mass is 475 g/mol. The van der Waals surface area contributed by atoms with Gasteiger partial charge in [0.2, 0.25) is 0 Å². The maximum absolute atomic E-state index is 12.0. The number of pyridine rings is 2. The smallest absolute Gasteiger partial charge is 0.335 e. The summed E-state index contributed by atoms with van der Waals surface area (Å²) >= 11 is 6.17. The summed E-state index contributed by atoms with van der Waals surface area (Å²) in [7, 11) is 1.69. The molecule has 1 saturated carbocycles. The van der Waals surface area contributed by atoms with Gasteiger partial charge in [0.05, 0.1) is 16.6 Å². The van der Waals surface area contributed by atoms with Gasteiger partial charge in [-0.3, -0.25) is 9.78 Å². The number of carboxylic acid groups (broad SMARTS) is 1. The molecule has 1 N–H and O–H groups in total. The van der Waals surface area contributed by atoms with Crippen LogP contribution >= 0.6 is 11.6 Å². The number of benzene rings is 1. The number of fused-ring (bicyclic) bond motifs is 1. The van der Waals surface area contributed by atoms with E-state index in [0.717, 1.165) is 39.8 Å². The van der Waals surface area contributed by atoms with Crippen LogP contribution in [0.1, 0.15) is 42.5 Å². The maximum Gasteiger partial charge on any atom is 0.335 e. The third-order valence-electron chi connectivity index (χ3n) is 6.81. The SMILES string of the molecule is Cn1cc(-c2cnc3c(-c4ccc(C(=O)O)cc4)cn(CC4CCCCC4)c3c2)cc(Cl)c1=O. The van der Waals surface area contributed by atoms with Crippen molar-refractivity contribution >= 4 is 28.6 Å². The van der Waals surface area contributed by atoms with Crippen LogP contribution in [0, 0.1) is 5.92 Å². The summed E-state index contributed by atoms with van der Waals surface area (Å²) in [6, 6.07) is 10.7. The Balaban J connectivity index is 1.63. The Morgan fingerprint density at radius 3 is 2.47 bits per heavy atom. The molecule has 0 unspecified atom stereocenters. The van der Waals surface area contributed by atoms with Gasteiger partial charge >= 0.3 is 5.97 Å². The van der Waals surface area contributed by atoms with Crippen molar-refractivity contribution in [3.05, 3.63) is 75.9 Å². The molecule has 0 radical (unpaired) electrons. The van der Waals surface area contributed by atoms with Crippen molar-refractivity contribution in [2.75, 3.05) is 0 Å². The summed E-state index contributed by atoms with van der Waals surface area (Å²) in [5.74, 6) is -0.313. The Labute approximate surface area is 202 Å². The predicted molar refractivity (Wildman–Crippen MR) is 134 cm³/mol. The second-order valence-electron chi connectivity index (χ2n) is 9.17. The van der Waals surface area contributed by atoms with Crippen LogP contribution in [0.2, 0.25) is 5.02 Å². The highest BCUT2D eigenvalue weighted by atomic mass is 35.5. The van der Waals surface area contributed by atoms with Crippen LogP contribution in [0.15, 0.2) is 59.8 Å². The fourth-order valence-corrected chi connectivity index (χ4v) is 5.21. The second kappa shape index (κ2) is 9.11. The second-order valence-corrected chi connectivity index (χ2v) is 9.57. The molecule has 0 spiro atoms. The Morgan fingerprint density at radius 2 is 1.79 bits per heavy atom. The first kappa shape index (κ1) is 22.4. The standard InChI is InChI=1S/C27H26ClN3O3/c1-30-15-21(11-23(28)26(30)32)20-12-24-25(29-13-20)22(18-7-9-19(10-8-18)27(33)34)16-31(24)14-17-5-3-2-4-6-17/h7-13,15-17H,2-6,14H2,1H3,(H,33,34). The first-order chi connectivity index (χ1) is 16.4. The van der Waals surface area contributed by atoms with E-state index < -0.39 is 5.97 Å². The summed E-state index contributed by atoms with van der Waals surface area (Å²) < 4.78 is 3.77. The molecule has 1 fully saturated rings. The maximum atomic E-state index is 12.0. The molecule has 1 aliphatic carbocycles. The fourth-order valence-electron chi connectivity index (χ4n) is 4.96. The summed E-state index contributed by atoms with van der Waals surface area (Å²) in [6.07, 6.45) is 12.0. The van der Waals surface area contributed by atoms with E-state index in [1.54, 1.807) is 37.6 Å². The van der Waals surface area contributed by atoms with Crippen LogP contribution in [0.5, 0.6) is 0 Å². The first-order valence-corrected chi connectivity index (χ1v) is 12.0. The topological polar surface area (TPSA) is 77.1 Å². The molecule has 0 bridgehead atoms. The largest absolute Gasteiger partial charge is 0.478 e. The van der Waals surface area contributed by atoms with E-state index >= 15 is 0 Å². The molecule has 7 heteroatoms. The molecule has 3 heterocycles. The number of aromatic carboxylic acids is 1. The molecular formula is C27H26ClN3O3. The van der Waals surface area contributed by atoms with Crippen LogP contribution in [0.4, 0.5) is 0 Å². The van der Waals surface area contributed by atoms with Gasteiger partial charge in [-0.2, -0.15) is 0 Å². The normalized spacial score (nSPS) is 14.5. The zero-order valence-corrected chi connectivity index (χ0v) is 19.8. The van der Waals surface area contributed by atoms with Gasteiger partial charge in [-0.25, -0.2) is 4.79 Å². The van der Waals surface area contributed by atoms with Crippen molar-refractivity contribution < 1.29 is 9.90 Å². The van der Waals surface area contributed by atoms with Crippen molar-refractivity contribution in [3.63, 3.8) is 0 Å². The van der Waals surface area contributed by atoms with Crippen molar-refractivity contribution in [2.45, 2.75) is 38.6 Å². The van der Waals surface area contributed by atoms with Crippen molar-refractivity contribution in [2.24, 2.45) is 13.0 Å². The summed E-state index contributed by atoms with van der Waals surface area (Å²) in [5.41, 5.74) is 5.56. The van der Waals surface area contributed by atoms with Crippen molar-refractivity contribution in [3.8, 4) is 22.3 Å². The van der Waals surface area contributed by atoms with Crippen LogP contribution in [0.3, 0.4) is 0 Å². The van der Waals surface area contributed by atoms with E-state index in [9.17, 15) is 14.7 Å². The zero-order chi connectivity index (χ0) is 23.8. The van der Waals surface area contributed by atoms with E-state index in [4.69, 9.17) is 16.6 Å². The van der Waals surface area contributed by atoms with Crippen molar-refractivity contribution in [1.29, 1.82) is 0 Å². The molecule has 0 saturated heterocycles. The van der Waals surface area contributed by atoms with Gasteiger partial charge in [-0.15, -0.1) is 0 Å². The predicted octanol–water partition coefficient (Wildman–Crippen LogP) is 6.00. The number of rotatable bonds is 5. The Bertz CT molecular complexity index is 1400. The van der Waals surface area contributed by atoms with Gasteiger partial charge in [0, 0.05) is 48.9 Å². The molecule has 0 atom stereocenters. The van der Waals surface area contributed by atoms with Crippen LogP contribution in [-0.2, 0) is 13.6 Å². The molecular weight excluding hydrogens is 450 g/mol. The summed E-state index contributed by atoms with van der Waals surface area (Å²) in [6.45, 7) is 0.920. The van der Waals surface area contributed by atoms with Gasteiger partial charge in [0.1, 0.15) is 5.02 Å². The summed E-state index contributed by atoms with van der Waals surface area (Å²) in [5, 5.41) is 9.43. The van der Waals surface area contributed by atoms with Gasteiger partial charge < -0.3 is 14.2 Å². The number of carbonyl (C=O) groups is 1. The third kappa shape index (κ3) is 4.26. The highest BCUT2D eigenvalue weighted by Gasteiger charge is 2.19. The first-order valence-electron chi connectivity index (χ1n) is 11.6. The van der Waals surface area contributed by atoms with Gasteiger partial charge in [-0.05, 0) is 48.6 Å². The summed E-state index contributed by atoms with van der Waals surface area (Å²) in [4.78, 5) is 28.1. The number of hydrogen-bond acceptors (Lipinski definition) is 3. The van der Waals surface area contributed by atoms with Gasteiger partial charge in [0.15, 0.2) is 0 Å². The number of halogens is 1. The Hall–Kier alpha value is -3.38. The quantitative estimate of drug-likeness (QED) is 0.384. The molecule has 0 aliphatic heterocycles. The van der Waals surface area contributed by atoms with E-state index in [1.165, 1.54) is 36.7 Å². The molecule has 1 aliphatic rings. The van der Waals surface area contributed by atoms with Gasteiger partial charge in [0.25, 0.3) is 5.56 Å². The Morgan fingerprint density at radius 1 is 1.06 bits per heavy atom. The number of aromatic nitrogens is 3. The fraction of sp³-hybridized carbons (Fsp3) is 0.296. The molecule has 0 amide bonds. The lowest BCUT2D eigenvalue weighted by Gasteiger charge is -2.22. The number of nitrogens with zero attached hydrogens (tertiary/aromatic N) is 3. The molecule has 6 nitrogen and oxygen atoms in total. The van der Waals surface area contributed by atoms with Gasteiger partial charge in [-0.1, -0.05) is 43.0 Å². The molecule has 174 valence electrons. The van der Waals surface area contributed by atoms with Crippen LogP contribution in [-0.4, -0.2) is 25.2 Å². The molecule has 4 aromatic rings. The highest BCUT2D eigenvalue weighted by Crippen LogP contribution is 2.34. The van der Waals surface area contributed by atoms with Crippen LogP contribution in [0.25, 0.3) is 33.3 Å². The Kier molecular flexibility index (Phi) is 6.00. The average Bonchev–Trinajstić information content (AvgIpc) is 3.20. The van der Waals surface area contributed by atoms with Crippen LogP contribution < -0.4 is 5.56 Å². The minimum Gasteiger partial charge on any atom is -0.478 e. The lowest BCUT2D eigenvalue weighted by Crippen LogP contribution is -2.16. The van der Waals surface area contributed by atoms with E-state index in [-0.39, 0.29) is 16.1 Å². The van der Waals surface area contributed by atoms with Crippen molar-refractivity contribution in [1.82, 2.24) is 14.1 Å². The molecule has 1 aromatic carbocycles. The minimum absolute atomic E-state index is 0.178. The number of hydrogen-bond donors (Lipinski definition) is 1. The molecule has 34 heavy (non-hydrogen) atoms. The third-order valence-corrected chi connectivity index (χ3v) is 7.08. The zero-order valence-electron chi connectivity index (χ0n) is 19.0. The van der Waals surface area contributed by atoms with E-state index in [2.05, 4.69) is 16.8 Å². The van der Waals surface area contributed by atoms with E-state index in [1.807, 2.05) is 12.1 Å². The minimum atomic E-state index is -0.940. The lowest BCUT2D eigenvalue weighted by atomic mass is 9.89. The number of carboxylic acids is 1.